The van der Waals surface area contributed by atoms with Crippen molar-refractivity contribution in [2.45, 2.75) is 102 Å². The van der Waals surface area contributed by atoms with E-state index < -0.39 is 41.3 Å². The SMILES string of the molecule is CN1CCN(C(=O)OCc2ccccc2)CC1c1ccc2c(c1)oc(=O)n2C.CN1CCNCC1c1ccc2c(c1)oc(=O)n2C.Cn1c(=O)oc2cc(C3CN(C(=O)OCc4ccccc4)CC(C)(C)N3C(=O)NCCCCc3ccccc3)ccc21.Cn1c(=O)oc2cc(C3CN(C(=O)OCc4ccccc4)CCN3C(=O)NCCCCc3ccccc3)ccc21. The number of amides is 7. The van der Waals surface area contributed by atoms with E-state index in [2.05, 4.69) is 63.1 Å². The average Bonchev–Trinajstić information content (AvgIpc) is 1.14. The van der Waals surface area contributed by atoms with Crippen LogP contribution >= 0.6 is 0 Å². The highest BCUT2D eigenvalue weighted by atomic mass is 16.6. The maximum atomic E-state index is 13.7. The molecule has 4 aliphatic heterocycles. The highest BCUT2D eigenvalue weighted by Crippen LogP contribution is 2.38. The summed E-state index contributed by atoms with van der Waals surface area (Å²) in [6.07, 6.45) is 4.38. The molecule has 4 unspecified atom stereocenters. The van der Waals surface area contributed by atoms with Gasteiger partial charge in [0, 0.05) is 119 Å². The second kappa shape index (κ2) is 42.1. The molecule has 4 fully saturated rings. The molecule has 13 aromatic rings. The quantitative estimate of drug-likeness (QED) is 0.0471. The summed E-state index contributed by atoms with van der Waals surface area (Å²) in [6.45, 7) is 12.0. The molecular weight excluding hydrogens is 1630 g/mol. The summed E-state index contributed by atoms with van der Waals surface area (Å²) in [5, 5.41) is 9.55. The molecule has 7 amide bonds. The van der Waals surface area contributed by atoms with E-state index in [1.165, 1.54) is 35.0 Å². The minimum Gasteiger partial charge on any atom is -0.445 e. The number of piperazine rings is 4. The second-order valence-electron chi connectivity index (χ2n) is 33.5. The van der Waals surface area contributed by atoms with Crippen molar-refractivity contribution < 1.29 is 55.9 Å². The number of benzene rings is 9. The molecule has 4 aromatic heterocycles. The van der Waals surface area contributed by atoms with Gasteiger partial charge in [0.05, 0.1) is 45.7 Å². The molecule has 128 heavy (non-hydrogen) atoms. The third-order valence-corrected chi connectivity index (χ3v) is 24.2. The van der Waals surface area contributed by atoms with Crippen LogP contribution in [0.2, 0.25) is 0 Å². The third kappa shape index (κ3) is 22.4. The first-order valence-electron chi connectivity index (χ1n) is 43.5. The van der Waals surface area contributed by atoms with Crippen molar-refractivity contribution in [3.05, 3.63) is 317 Å². The smallest absolute Gasteiger partial charge is 0.419 e. The molecule has 3 N–H and O–H groups in total. The fourth-order valence-corrected chi connectivity index (χ4v) is 16.8. The predicted molar refractivity (Wildman–Crippen MR) is 488 cm³/mol. The Morgan fingerprint density at radius 3 is 1.12 bits per heavy atom. The van der Waals surface area contributed by atoms with Crippen LogP contribution in [0.3, 0.4) is 0 Å². The summed E-state index contributed by atoms with van der Waals surface area (Å²) < 4.78 is 44.0. The Bertz CT molecular complexity index is 6200. The molecule has 0 aliphatic carbocycles. The molecule has 8 heterocycles. The van der Waals surface area contributed by atoms with E-state index in [4.69, 9.17) is 31.9 Å². The first-order valence-corrected chi connectivity index (χ1v) is 43.5. The lowest BCUT2D eigenvalue weighted by Gasteiger charge is -2.51. The topological polar surface area (TPSA) is 312 Å². The highest BCUT2D eigenvalue weighted by molar-refractivity contribution is 5.80. The summed E-state index contributed by atoms with van der Waals surface area (Å²) in [4.78, 5) is 126. The molecule has 4 aliphatic rings. The van der Waals surface area contributed by atoms with Crippen LogP contribution in [0.25, 0.3) is 44.4 Å². The Hall–Kier alpha value is -13.7. The van der Waals surface area contributed by atoms with Crippen LogP contribution in [0.15, 0.2) is 261 Å². The minimum absolute atomic E-state index is 0.00735. The monoisotopic (exact) mass is 1740 g/mol. The molecule has 17 rings (SSSR count). The Morgan fingerprint density at radius 2 is 0.711 bits per heavy atom. The number of aromatic nitrogens is 4. The summed E-state index contributed by atoms with van der Waals surface area (Å²) in [7, 11) is 10.9. The Kier molecular flexibility index (Phi) is 29.7. The maximum absolute atomic E-state index is 13.7. The molecule has 0 bridgehead atoms. The second-order valence-corrected chi connectivity index (χ2v) is 33.5. The number of hydrogen-bond donors (Lipinski definition) is 3. The van der Waals surface area contributed by atoms with Gasteiger partial charge in [-0.05, 0) is 165 Å². The zero-order valence-electron chi connectivity index (χ0n) is 73.7. The van der Waals surface area contributed by atoms with Crippen LogP contribution < -0.4 is 39.0 Å². The van der Waals surface area contributed by atoms with Gasteiger partial charge in [0.2, 0.25) is 0 Å². The lowest BCUT2D eigenvalue weighted by Crippen LogP contribution is -2.64. The van der Waals surface area contributed by atoms with Gasteiger partial charge in [-0.1, -0.05) is 176 Å². The van der Waals surface area contributed by atoms with Gasteiger partial charge < -0.3 is 72.3 Å². The van der Waals surface area contributed by atoms with Gasteiger partial charge in [-0.15, -0.1) is 0 Å². The van der Waals surface area contributed by atoms with E-state index in [0.29, 0.717) is 85.2 Å². The van der Waals surface area contributed by atoms with E-state index in [9.17, 15) is 43.2 Å². The maximum Gasteiger partial charge on any atom is 0.419 e. The zero-order valence-corrected chi connectivity index (χ0v) is 73.7. The normalized spacial score (nSPS) is 17.1. The number of nitrogens with zero attached hydrogens (tertiary/aromatic N) is 11. The van der Waals surface area contributed by atoms with Crippen LogP contribution in [-0.2, 0) is 75.1 Å². The van der Waals surface area contributed by atoms with Crippen LogP contribution in [0.5, 0.6) is 0 Å². The Balaban J connectivity index is 0.000000144. The zero-order chi connectivity index (χ0) is 90.0. The number of hydrogen-bond acceptors (Lipinski definition) is 19. The molecule has 0 saturated carbocycles. The number of rotatable bonds is 20. The van der Waals surface area contributed by atoms with Crippen molar-refractivity contribution in [1.82, 2.24) is 68.5 Å². The van der Waals surface area contributed by atoms with E-state index in [1.807, 2.05) is 208 Å². The van der Waals surface area contributed by atoms with E-state index >= 15 is 0 Å². The lowest BCUT2D eigenvalue weighted by atomic mass is 9.91. The molecule has 670 valence electrons. The standard InChI is InChI=1S/C33H38N4O5.C31H34N4O5.C21H23N3O4.C13H17N3O2/c1-33(2)23-36(32(40)41-22-25-15-8-5-9-16-25)21-28(26-17-18-27-29(20-26)42-31(39)35(27)3)37(33)30(38)34-19-11-10-14-24-12-6-4-7-13-24;1-33-26-16-15-25(20-28(26)40-30(33)37)27-21-34(31(38)39-22-24-13-6-3-7-14-24)18-19-35(27)29(36)32-17-9-8-12-23-10-4-2-5-11-23;1-22-10-11-24(21(26)27-14-15-6-4-3-5-7-15)13-18(22)16-8-9-17-19(12-16)28-20(25)23(17)2;1-15-6-5-14-8-11(15)9-3-4-10-12(7-9)18-13(17)16(10)2/h4-9,12-13,15-18,20,28H,10-11,14,19,21-23H2,1-3H3,(H,34,38);2-7,10-11,13-16,20,27H,8-9,12,17-19,21-22H2,1H3,(H,32,36);3-9,12,18H,10-11,13-14H2,1-2H3;3-4,7,11,14H,5-6,8H2,1-2H3. The molecule has 0 radical (unpaired) electrons. The first-order chi connectivity index (χ1) is 61.9. The van der Waals surface area contributed by atoms with Gasteiger partial charge in [0.15, 0.2) is 22.3 Å². The van der Waals surface area contributed by atoms with Crippen LogP contribution in [0.4, 0.5) is 24.0 Å². The number of aryl methyl sites for hydroxylation is 6. The number of oxazole rings is 4. The third-order valence-electron chi connectivity index (χ3n) is 24.2. The van der Waals surface area contributed by atoms with Crippen LogP contribution in [0.1, 0.15) is 114 Å². The Labute approximate surface area is 741 Å². The summed E-state index contributed by atoms with van der Waals surface area (Å²) >= 11 is 0. The number of urea groups is 2. The Morgan fingerprint density at radius 1 is 0.375 bits per heavy atom. The fourth-order valence-electron chi connectivity index (χ4n) is 16.8. The predicted octanol–water partition coefficient (Wildman–Crippen LogP) is 14.0. The summed E-state index contributed by atoms with van der Waals surface area (Å²) in [5.74, 6) is -1.60. The number of unbranched alkanes of at least 4 members (excludes halogenated alkanes) is 2. The summed E-state index contributed by atoms with van der Waals surface area (Å²) in [5.41, 5.74) is 13.4. The number of ether oxygens (including phenoxy) is 3. The van der Waals surface area contributed by atoms with E-state index in [0.717, 1.165) is 109 Å². The fraction of sp³-hybridized carbons (Fsp3) is 0.357. The van der Waals surface area contributed by atoms with Gasteiger partial charge in [0.1, 0.15) is 19.8 Å². The average molecular weight is 1740 g/mol. The number of fused-ring (bicyclic) bond motifs is 4. The van der Waals surface area contributed by atoms with Gasteiger partial charge in [0.25, 0.3) is 0 Å². The number of carbonyl (C=O) groups excluding carboxylic acids is 5. The van der Waals surface area contributed by atoms with Gasteiger partial charge in [-0.3, -0.25) is 28.1 Å². The molecule has 0 spiro atoms. The number of nitrogens with one attached hydrogen (secondary N) is 3. The minimum atomic E-state index is -0.713. The van der Waals surface area contributed by atoms with Crippen LogP contribution in [0, 0.1) is 0 Å². The van der Waals surface area contributed by atoms with Crippen molar-refractivity contribution >= 4 is 74.7 Å². The summed E-state index contributed by atoms with van der Waals surface area (Å²) in [6, 6.07) is 71.1. The molecule has 4 saturated heterocycles. The van der Waals surface area contributed by atoms with E-state index in [-0.39, 0.29) is 68.6 Å². The van der Waals surface area contributed by atoms with Crippen molar-refractivity contribution in [3.63, 3.8) is 0 Å². The molecule has 30 nitrogen and oxygen atoms in total. The lowest BCUT2D eigenvalue weighted by molar-refractivity contribution is -0.00118. The first kappa shape index (κ1) is 90.5. The van der Waals surface area contributed by atoms with Crippen molar-refractivity contribution in [3.8, 4) is 0 Å². The largest absolute Gasteiger partial charge is 0.445 e. The van der Waals surface area contributed by atoms with Crippen molar-refractivity contribution in [2.24, 2.45) is 28.2 Å². The van der Waals surface area contributed by atoms with Crippen LogP contribution in [-0.4, -0.2) is 188 Å². The van der Waals surface area contributed by atoms with Crippen molar-refractivity contribution in [2.75, 3.05) is 99.2 Å². The molecule has 9 aromatic carbocycles. The number of likely N-dealkylation sites (N-methyl/N-ethyl adjacent to an activating group) is 2. The van der Waals surface area contributed by atoms with E-state index in [1.54, 1.807) is 59.9 Å². The number of carbonyl (C=O) groups is 5. The molecule has 4 atom stereocenters. The molecule has 30 heteroatoms. The van der Waals surface area contributed by atoms with Gasteiger partial charge in [-0.25, -0.2) is 43.2 Å². The van der Waals surface area contributed by atoms with Gasteiger partial charge >= 0.3 is 53.4 Å². The molecular formula is C98H112N14O16. The van der Waals surface area contributed by atoms with Gasteiger partial charge in [-0.2, -0.15) is 0 Å². The van der Waals surface area contributed by atoms with Crippen molar-refractivity contribution in [1.29, 1.82) is 0 Å². The highest BCUT2D eigenvalue weighted by Gasteiger charge is 2.46.